The molecule has 3 N–H and O–H groups in total. The Morgan fingerprint density at radius 3 is 2.56 bits per heavy atom. The van der Waals surface area contributed by atoms with Gasteiger partial charge < -0.3 is 15.5 Å². The van der Waals surface area contributed by atoms with E-state index in [1.807, 2.05) is 0 Å². The highest BCUT2D eigenvalue weighted by Gasteiger charge is 2.23. The van der Waals surface area contributed by atoms with Crippen LogP contribution in [-0.2, 0) is 4.79 Å². The smallest absolute Gasteiger partial charge is 0.216 e. The van der Waals surface area contributed by atoms with E-state index in [-0.39, 0.29) is 16.6 Å². The summed E-state index contributed by atoms with van der Waals surface area (Å²) in [4.78, 5) is 10.6. The van der Waals surface area contributed by atoms with Crippen LogP contribution in [0.3, 0.4) is 0 Å². The van der Waals surface area contributed by atoms with Gasteiger partial charge in [0.25, 0.3) is 0 Å². The Hall–Kier alpha value is -1.05. The molecule has 4 nitrogen and oxygen atoms in total. The average Bonchev–Trinajstić information content (AvgIpc) is 2.29. The van der Waals surface area contributed by atoms with E-state index in [4.69, 9.17) is 0 Å². The Bertz CT molecular complexity index is 456. The first-order valence-corrected chi connectivity index (χ1v) is 5.87. The molecule has 1 amide bonds. The van der Waals surface area contributed by atoms with Crippen LogP contribution >= 0.6 is 15.9 Å². The van der Waals surface area contributed by atoms with Crippen molar-refractivity contribution in [3.63, 3.8) is 0 Å². The van der Waals surface area contributed by atoms with Crippen LogP contribution in [0, 0.1) is 11.6 Å². The molecule has 18 heavy (non-hydrogen) atoms. The summed E-state index contributed by atoms with van der Waals surface area (Å²) in [6.45, 7) is 0.979. The van der Waals surface area contributed by atoms with E-state index in [1.54, 1.807) is 0 Å². The maximum absolute atomic E-state index is 13.5. The number of carbonyl (C=O) groups excluding carboxylic acids is 1. The molecule has 1 rings (SSSR count). The fourth-order valence-electron chi connectivity index (χ4n) is 1.33. The predicted molar refractivity (Wildman–Crippen MR) is 63.7 cm³/mol. The van der Waals surface area contributed by atoms with Crippen LogP contribution in [0.25, 0.3) is 0 Å². The number of aliphatic hydroxyl groups is 2. The molecule has 0 bridgehead atoms. The molecule has 0 fully saturated rings. The third-order valence-electron chi connectivity index (χ3n) is 2.28. The van der Waals surface area contributed by atoms with Crippen molar-refractivity contribution >= 4 is 21.8 Å². The minimum Gasteiger partial charge on any atom is -0.388 e. The Morgan fingerprint density at radius 2 is 2.00 bits per heavy atom. The fraction of sp³-hybridized carbons (Fsp3) is 0.364. The maximum atomic E-state index is 13.5. The number of halogens is 3. The van der Waals surface area contributed by atoms with E-state index in [9.17, 15) is 23.8 Å². The van der Waals surface area contributed by atoms with Crippen LogP contribution < -0.4 is 5.32 Å². The summed E-state index contributed by atoms with van der Waals surface area (Å²) in [7, 11) is 0. The number of carbonyl (C=O) groups is 1. The van der Waals surface area contributed by atoms with Gasteiger partial charge in [0, 0.05) is 19.0 Å². The molecule has 1 aromatic carbocycles. The first-order valence-electron chi connectivity index (χ1n) is 5.08. The van der Waals surface area contributed by atoms with Gasteiger partial charge in [0.2, 0.25) is 5.91 Å². The molecule has 0 aliphatic rings. The molecular weight excluding hydrogens is 312 g/mol. The molecule has 0 aromatic heterocycles. The van der Waals surface area contributed by atoms with Crippen LogP contribution in [-0.4, -0.2) is 28.8 Å². The molecule has 7 heteroatoms. The van der Waals surface area contributed by atoms with Gasteiger partial charge >= 0.3 is 0 Å². The summed E-state index contributed by atoms with van der Waals surface area (Å²) in [6, 6.07) is 1.65. The second-order valence-electron chi connectivity index (χ2n) is 3.74. The Morgan fingerprint density at radius 1 is 1.39 bits per heavy atom. The van der Waals surface area contributed by atoms with Crippen molar-refractivity contribution in [2.45, 2.75) is 19.1 Å². The van der Waals surface area contributed by atoms with E-state index in [1.165, 1.54) is 6.92 Å². The molecule has 2 unspecified atom stereocenters. The molecule has 100 valence electrons. The van der Waals surface area contributed by atoms with Crippen LogP contribution in [0.15, 0.2) is 16.6 Å². The minimum atomic E-state index is -1.63. The zero-order chi connectivity index (χ0) is 13.9. The molecule has 0 heterocycles. The number of hydrogen-bond acceptors (Lipinski definition) is 3. The van der Waals surface area contributed by atoms with Crippen LogP contribution in [0.1, 0.15) is 18.6 Å². The summed E-state index contributed by atoms with van der Waals surface area (Å²) < 4.78 is 26.6. The second kappa shape index (κ2) is 6.21. The van der Waals surface area contributed by atoms with Crippen molar-refractivity contribution in [3.8, 4) is 0 Å². The molecule has 0 spiro atoms. The van der Waals surface area contributed by atoms with E-state index in [0.29, 0.717) is 0 Å². The lowest BCUT2D eigenvalue weighted by atomic mass is 10.0. The first-order chi connectivity index (χ1) is 8.32. The van der Waals surface area contributed by atoms with Gasteiger partial charge in [0.1, 0.15) is 23.8 Å². The van der Waals surface area contributed by atoms with Gasteiger partial charge in [-0.25, -0.2) is 8.78 Å². The monoisotopic (exact) mass is 323 g/mol. The number of aliphatic hydroxyl groups excluding tert-OH is 2. The van der Waals surface area contributed by atoms with Gasteiger partial charge in [-0.3, -0.25) is 4.79 Å². The van der Waals surface area contributed by atoms with Gasteiger partial charge in [-0.1, -0.05) is 0 Å². The molecule has 1 aromatic rings. The first kappa shape index (κ1) is 15.0. The van der Waals surface area contributed by atoms with Gasteiger partial charge in [0.05, 0.1) is 4.47 Å². The van der Waals surface area contributed by atoms with Crippen LogP contribution in [0.2, 0.25) is 0 Å². The summed E-state index contributed by atoms with van der Waals surface area (Å²) >= 11 is 2.80. The summed E-state index contributed by atoms with van der Waals surface area (Å²) in [5.74, 6) is -2.00. The summed E-state index contributed by atoms with van der Waals surface area (Å²) in [5, 5.41) is 21.5. The Kier molecular flexibility index (Phi) is 5.18. The number of nitrogens with one attached hydrogen (secondary N) is 1. The van der Waals surface area contributed by atoms with E-state index in [0.717, 1.165) is 12.1 Å². The van der Waals surface area contributed by atoms with Crippen molar-refractivity contribution in [1.82, 2.24) is 5.32 Å². The molecular formula is C11H12BrF2NO3. The molecule has 2 atom stereocenters. The average molecular weight is 324 g/mol. The number of amides is 1. The van der Waals surface area contributed by atoms with Crippen molar-refractivity contribution in [2.75, 3.05) is 6.54 Å². The molecule has 0 aliphatic heterocycles. The summed E-state index contributed by atoms with van der Waals surface area (Å²) in [5.41, 5.74) is -0.367. The second-order valence-corrected chi connectivity index (χ2v) is 4.59. The van der Waals surface area contributed by atoms with E-state index in [2.05, 4.69) is 21.2 Å². The van der Waals surface area contributed by atoms with Crippen LogP contribution in [0.5, 0.6) is 0 Å². The van der Waals surface area contributed by atoms with Gasteiger partial charge in [-0.05, 0) is 28.1 Å². The van der Waals surface area contributed by atoms with E-state index >= 15 is 0 Å². The Balaban J connectivity index is 2.86. The number of benzene rings is 1. The lowest BCUT2D eigenvalue weighted by molar-refractivity contribution is -0.119. The SMILES string of the molecule is CC(=O)NCC(O)C(O)c1cc(F)c(Br)cc1F. The van der Waals surface area contributed by atoms with Gasteiger partial charge in [0.15, 0.2) is 0 Å². The number of rotatable bonds is 4. The largest absolute Gasteiger partial charge is 0.388 e. The molecule has 0 saturated carbocycles. The molecule has 0 radical (unpaired) electrons. The zero-order valence-electron chi connectivity index (χ0n) is 9.45. The molecule has 0 saturated heterocycles. The van der Waals surface area contributed by atoms with E-state index < -0.39 is 29.7 Å². The predicted octanol–water partition coefficient (Wildman–Crippen LogP) is 1.26. The normalized spacial score (nSPS) is 14.1. The van der Waals surface area contributed by atoms with Gasteiger partial charge in [-0.2, -0.15) is 0 Å². The van der Waals surface area contributed by atoms with Crippen molar-refractivity contribution < 1.29 is 23.8 Å². The Labute approximate surface area is 111 Å². The lowest BCUT2D eigenvalue weighted by Crippen LogP contribution is -2.34. The molecule has 0 aliphatic carbocycles. The van der Waals surface area contributed by atoms with Crippen molar-refractivity contribution in [1.29, 1.82) is 0 Å². The van der Waals surface area contributed by atoms with Gasteiger partial charge in [-0.15, -0.1) is 0 Å². The minimum absolute atomic E-state index is 0.0766. The quantitative estimate of drug-likeness (QED) is 0.731. The van der Waals surface area contributed by atoms with Crippen molar-refractivity contribution in [3.05, 3.63) is 33.8 Å². The highest BCUT2D eigenvalue weighted by molar-refractivity contribution is 9.10. The fourth-order valence-corrected chi connectivity index (χ4v) is 1.65. The highest BCUT2D eigenvalue weighted by Crippen LogP contribution is 2.25. The van der Waals surface area contributed by atoms with Crippen molar-refractivity contribution in [2.24, 2.45) is 0 Å². The topological polar surface area (TPSA) is 69.6 Å². The third kappa shape index (κ3) is 3.72. The third-order valence-corrected chi connectivity index (χ3v) is 2.89. The lowest BCUT2D eigenvalue weighted by Gasteiger charge is -2.19. The zero-order valence-corrected chi connectivity index (χ0v) is 11.0. The summed E-state index contributed by atoms with van der Waals surface area (Å²) in [6.07, 6.45) is -3.05. The van der Waals surface area contributed by atoms with Crippen LogP contribution in [0.4, 0.5) is 8.78 Å². The maximum Gasteiger partial charge on any atom is 0.216 e. The standard InChI is InChI=1S/C11H12BrF2NO3/c1-5(16)15-4-10(17)11(18)6-2-9(14)7(12)3-8(6)13/h2-3,10-11,17-18H,4H2,1H3,(H,15,16). The number of hydrogen-bond donors (Lipinski definition) is 3. The highest BCUT2D eigenvalue weighted by atomic mass is 79.9.